The zero-order valence-electron chi connectivity index (χ0n) is 17.9. The molecular formula is C24H26N2O6. The van der Waals surface area contributed by atoms with Crippen molar-refractivity contribution in [2.24, 2.45) is 0 Å². The van der Waals surface area contributed by atoms with E-state index >= 15 is 0 Å². The van der Waals surface area contributed by atoms with Gasteiger partial charge in [0.2, 0.25) is 11.8 Å². The Bertz CT molecular complexity index is 974. The summed E-state index contributed by atoms with van der Waals surface area (Å²) in [5, 5.41) is 8.95. The standard InChI is InChI=1S/C24H26N2O6/c1-2-32-19-10-8-18(9-11-19)26-22(28)16-20(24(26)31)25(21(27)12-13-23(29)30)15-14-17-6-4-3-5-7-17/h3-11,20H,2,12-16H2,1H3,(H,29,30). The Morgan fingerprint density at radius 1 is 1.06 bits per heavy atom. The van der Waals surface area contributed by atoms with E-state index in [0.717, 1.165) is 10.5 Å². The lowest BCUT2D eigenvalue weighted by atomic mass is 10.1. The molecule has 8 heteroatoms. The molecule has 0 saturated carbocycles. The summed E-state index contributed by atoms with van der Waals surface area (Å²) < 4.78 is 5.40. The van der Waals surface area contributed by atoms with Gasteiger partial charge in [0.25, 0.3) is 5.91 Å². The highest BCUT2D eigenvalue weighted by Gasteiger charge is 2.44. The molecule has 1 atom stereocenters. The summed E-state index contributed by atoms with van der Waals surface area (Å²) >= 11 is 0. The molecule has 1 aliphatic heterocycles. The Balaban J connectivity index is 1.79. The first-order chi connectivity index (χ1) is 15.4. The molecule has 0 aliphatic carbocycles. The van der Waals surface area contributed by atoms with Gasteiger partial charge < -0.3 is 14.7 Å². The quantitative estimate of drug-likeness (QED) is 0.572. The molecule has 0 spiro atoms. The number of aliphatic carboxylic acids is 1. The first-order valence-corrected chi connectivity index (χ1v) is 10.6. The number of nitrogens with zero attached hydrogens (tertiary/aromatic N) is 2. The maximum atomic E-state index is 13.2. The number of imide groups is 1. The molecule has 0 bridgehead atoms. The maximum Gasteiger partial charge on any atom is 0.303 e. The summed E-state index contributed by atoms with van der Waals surface area (Å²) in [4.78, 5) is 52.1. The maximum absolute atomic E-state index is 13.2. The second-order valence-electron chi connectivity index (χ2n) is 7.43. The van der Waals surface area contributed by atoms with Crippen LogP contribution in [0.15, 0.2) is 54.6 Å². The lowest BCUT2D eigenvalue weighted by Gasteiger charge is -2.27. The van der Waals surface area contributed by atoms with Crippen molar-refractivity contribution in [2.75, 3.05) is 18.1 Å². The number of carbonyl (C=O) groups is 4. The number of rotatable bonds is 10. The van der Waals surface area contributed by atoms with Gasteiger partial charge in [-0.2, -0.15) is 0 Å². The van der Waals surface area contributed by atoms with E-state index in [-0.39, 0.29) is 25.8 Å². The summed E-state index contributed by atoms with van der Waals surface area (Å²) in [7, 11) is 0. The van der Waals surface area contributed by atoms with Crippen LogP contribution in [-0.4, -0.2) is 52.9 Å². The number of ether oxygens (including phenoxy) is 1. The molecule has 0 radical (unpaired) electrons. The number of amides is 3. The normalized spacial score (nSPS) is 15.7. The number of carbonyl (C=O) groups excluding carboxylic acids is 3. The molecule has 0 aromatic heterocycles. The van der Waals surface area contributed by atoms with Crippen LogP contribution in [0, 0.1) is 0 Å². The second kappa shape index (κ2) is 10.6. The molecule has 2 aromatic rings. The number of anilines is 1. The average molecular weight is 438 g/mol. The van der Waals surface area contributed by atoms with Crippen molar-refractivity contribution in [3.8, 4) is 5.75 Å². The number of carboxylic acid groups (broad SMARTS) is 1. The van der Waals surface area contributed by atoms with Gasteiger partial charge in [0.05, 0.1) is 25.1 Å². The van der Waals surface area contributed by atoms with E-state index in [1.165, 1.54) is 4.90 Å². The van der Waals surface area contributed by atoms with Gasteiger partial charge in [0.1, 0.15) is 11.8 Å². The number of benzene rings is 2. The fourth-order valence-corrected chi connectivity index (χ4v) is 3.69. The van der Waals surface area contributed by atoms with Gasteiger partial charge in [-0.15, -0.1) is 0 Å². The van der Waals surface area contributed by atoms with Gasteiger partial charge in [-0.25, -0.2) is 4.90 Å². The zero-order chi connectivity index (χ0) is 23.1. The molecule has 1 unspecified atom stereocenters. The minimum Gasteiger partial charge on any atom is -0.494 e. The summed E-state index contributed by atoms with van der Waals surface area (Å²) in [6, 6.07) is 15.1. The molecule has 2 aromatic carbocycles. The number of hydrogen-bond donors (Lipinski definition) is 1. The minimum absolute atomic E-state index is 0.139. The van der Waals surface area contributed by atoms with Crippen LogP contribution < -0.4 is 9.64 Å². The first-order valence-electron chi connectivity index (χ1n) is 10.6. The fourth-order valence-electron chi connectivity index (χ4n) is 3.69. The van der Waals surface area contributed by atoms with Gasteiger partial charge in [-0.05, 0) is 43.2 Å². The van der Waals surface area contributed by atoms with Crippen molar-refractivity contribution in [1.82, 2.24) is 4.90 Å². The Labute approximate surface area is 186 Å². The van der Waals surface area contributed by atoms with Gasteiger partial charge in [-0.3, -0.25) is 19.2 Å². The van der Waals surface area contributed by atoms with Crippen LogP contribution in [-0.2, 0) is 25.6 Å². The molecule has 168 valence electrons. The van der Waals surface area contributed by atoms with E-state index in [4.69, 9.17) is 9.84 Å². The van der Waals surface area contributed by atoms with Crippen LogP contribution in [0.3, 0.4) is 0 Å². The molecule has 1 N–H and O–H groups in total. The third-order valence-electron chi connectivity index (χ3n) is 5.26. The summed E-state index contributed by atoms with van der Waals surface area (Å²) in [6.07, 6.45) is -0.219. The van der Waals surface area contributed by atoms with Gasteiger partial charge in [0.15, 0.2) is 0 Å². The van der Waals surface area contributed by atoms with E-state index in [0.29, 0.717) is 24.5 Å². The molecule has 1 fully saturated rings. The van der Waals surface area contributed by atoms with E-state index in [1.807, 2.05) is 37.3 Å². The van der Waals surface area contributed by atoms with Gasteiger partial charge in [-0.1, -0.05) is 30.3 Å². The molecule has 1 saturated heterocycles. The molecule has 3 rings (SSSR count). The highest BCUT2D eigenvalue weighted by atomic mass is 16.5. The molecule has 8 nitrogen and oxygen atoms in total. The lowest BCUT2D eigenvalue weighted by Crippen LogP contribution is -2.46. The number of hydrogen-bond acceptors (Lipinski definition) is 5. The predicted molar refractivity (Wildman–Crippen MR) is 117 cm³/mol. The van der Waals surface area contributed by atoms with Crippen molar-refractivity contribution >= 4 is 29.4 Å². The summed E-state index contributed by atoms with van der Waals surface area (Å²) in [6.45, 7) is 2.57. The van der Waals surface area contributed by atoms with E-state index < -0.39 is 29.7 Å². The lowest BCUT2D eigenvalue weighted by molar-refractivity contribution is -0.143. The first kappa shape index (κ1) is 23.0. The van der Waals surface area contributed by atoms with E-state index in [1.54, 1.807) is 24.3 Å². The molecule has 1 aliphatic rings. The van der Waals surface area contributed by atoms with E-state index in [9.17, 15) is 19.2 Å². The van der Waals surface area contributed by atoms with Crippen molar-refractivity contribution in [3.63, 3.8) is 0 Å². The second-order valence-corrected chi connectivity index (χ2v) is 7.43. The SMILES string of the molecule is CCOc1ccc(N2C(=O)CC(N(CCc3ccccc3)C(=O)CCC(=O)O)C2=O)cc1. The van der Waals surface area contributed by atoms with Crippen LogP contribution in [0.5, 0.6) is 5.75 Å². The van der Waals surface area contributed by atoms with E-state index in [2.05, 4.69) is 0 Å². The van der Waals surface area contributed by atoms with Crippen LogP contribution in [0.4, 0.5) is 5.69 Å². The van der Waals surface area contributed by atoms with Crippen molar-refractivity contribution < 1.29 is 29.0 Å². The Hall–Kier alpha value is -3.68. The minimum atomic E-state index is -1.09. The van der Waals surface area contributed by atoms with Crippen LogP contribution in [0.25, 0.3) is 0 Å². The van der Waals surface area contributed by atoms with Crippen LogP contribution >= 0.6 is 0 Å². The Morgan fingerprint density at radius 3 is 2.38 bits per heavy atom. The monoisotopic (exact) mass is 438 g/mol. The van der Waals surface area contributed by atoms with Crippen LogP contribution in [0.2, 0.25) is 0 Å². The van der Waals surface area contributed by atoms with Crippen molar-refractivity contribution in [3.05, 3.63) is 60.2 Å². The van der Waals surface area contributed by atoms with Gasteiger partial charge in [0, 0.05) is 13.0 Å². The Kier molecular flexibility index (Phi) is 7.59. The van der Waals surface area contributed by atoms with Crippen molar-refractivity contribution in [2.45, 2.75) is 38.6 Å². The molecule has 32 heavy (non-hydrogen) atoms. The third-order valence-corrected chi connectivity index (χ3v) is 5.26. The highest BCUT2D eigenvalue weighted by molar-refractivity contribution is 6.23. The average Bonchev–Trinajstić information content (AvgIpc) is 3.07. The molecular weight excluding hydrogens is 412 g/mol. The Morgan fingerprint density at radius 2 is 1.75 bits per heavy atom. The topological polar surface area (TPSA) is 104 Å². The summed E-state index contributed by atoms with van der Waals surface area (Å²) in [5.41, 5.74) is 1.38. The fraction of sp³-hybridized carbons (Fsp3) is 0.333. The van der Waals surface area contributed by atoms with Crippen LogP contribution in [0.1, 0.15) is 31.7 Å². The predicted octanol–water partition coefficient (Wildman–Crippen LogP) is 2.65. The number of carboxylic acids is 1. The van der Waals surface area contributed by atoms with Gasteiger partial charge >= 0.3 is 5.97 Å². The summed E-state index contributed by atoms with van der Waals surface area (Å²) in [5.74, 6) is -1.81. The third kappa shape index (κ3) is 5.51. The largest absolute Gasteiger partial charge is 0.494 e. The van der Waals surface area contributed by atoms with Crippen molar-refractivity contribution in [1.29, 1.82) is 0 Å². The zero-order valence-corrected chi connectivity index (χ0v) is 17.9. The smallest absolute Gasteiger partial charge is 0.303 e. The molecule has 1 heterocycles. The highest BCUT2D eigenvalue weighted by Crippen LogP contribution is 2.28. The molecule has 3 amide bonds.